The molecule has 0 saturated carbocycles. The Balaban J connectivity index is 1.49. The molecular formula is C54H78N6. The average Bonchev–Trinajstić information content (AvgIpc) is 3.27. The zero-order valence-electron chi connectivity index (χ0n) is 38.4. The minimum atomic E-state index is 0.445. The summed E-state index contributed by atoms with van der Waals surface area (Å²) in [6.07, 6.45) is 21.9. The maximum Gasteiger partial charge on any atom is 0.233 e. The first-order valence-corrected chi connectivity index (χ1v) is 23.6. The minimum Gasteiger partial charge on any atom is -0.324 e. The summed E-state index contributed by atoms with van der Waals surface area (Å²) in [6, 6.07) is 25.3. The first-order valence-electron chi connectivity index (χ1n) is 23.6. The number of rotatable bonds is 30. The molecule has 6 heteroatoms. The lowest BCUT2D eigenvalue weighted by Crippen LogP contribution is -2.07. The summed E-state index contributed by atoms with van der Waals surface area (Å²) >= 11 is 0. The predicted molar refractivity (Wildman–Crippen MR) is 264 cm³/mol. The standard InChI is InChI=1S/C54H78N6/c1-10-16-19-43(13-4)25-22-40(7)46-28-34-49(35-29-46)55-52-58-53(56-50-36-30-47(31-37-50)41(8)23-26-44(14-5)20-17-11-2)60-54(59-52)57-51-38-32-48(33-39-51)42(9)24-27-45(15-6)21-18-12-3/h28-39,43-45H,7-27H2,1-6H3,(H3,55,56,57,58,59,60). The zero-order chi connectivity index (χ0) is 43.1. The van der Waals surface area contributed by atoms with Crippen molar-refractivity contribution in [1.82, 2.24) is 15.0 Å². The van der Waals surface area contributed by atoms with Gasteiger partial charge in [-0.3, -0.25) is 0 Å². The zero-order valence-corrected chi connectivity index (χ0v) is 38.4. The van der Waals surface area contributed by atoms with Gasteiger partial charge in [-0.2, -0.15) is 15.0 Å². The van der Waals surface area contributed by atoms with Gasteiger partial charge in [-0.1, -0.05) is 175 Å². The van der Waals surface area contributed by atoms with Crippen LogP contribution in [-0.4, -0.2) is 15.0 Å². The second-order valence-electron chi connectivity index (χ2n) is 17.1. The lowest BCUT2D eigenvalue weighted by atomic mass is 9.91. The van der Waals surface area contributed by atoms with Gasteiger partial charge in [-0.25, -0.2) is 0 Å². The van der Waals surface area contributed by atoms with Gasteiger partial charge in [-0.05, 0) is 126 Å². The van der Waals surface area contributed by atoms with Gasteiger partial charge in [0.2, 0.25) is 17.8 Å². The highest BCUT2D eigenvalue weighted by Gasteiger charge is 2.13. The maximum absolute atomic E-state index is 4.81. The Labute approximate surface area is 365 Å². The van der Waals surface area contributed by atoms with Gasteiger partial charge in [-0.15, -0.1) is 0 Å². The van der Waals surface area contributed by atoms with Gasteiger partial charge in [0.05, 0.1) is 0 Å². The highest BCUT2D eigenvalue weighted by Crippen LogP contribution is 2.30. The molecule has 4 rings (SSSR count). The van der Waals surface area contributed by atoms with Gasteiger partial charge in [0.15, 0.2) is 0 Å². The SMILES string of the molecule is C=C(CCC(CC)CCCC)c1ccc(Nc2nc(Nc3ccc(C(=C)CCC(CC)CCCC)cc3)nc(Nc3ccc(C(=C)CCC(CC)CCCC)cc3)n2)cc1. The molecular weight excluding hydrogens is 733 g/mol. The molecule has 3 N–H and O–H groups in total. The van der Waals surface area contributed by atoms with Crippen LogP contribution in [0.5, 0.6) is 0 Å². The van der Waals surface area contributed by atoms with Gasteiger partial charge in [0.25, 0.3) is 0 Å². The Hall–Kier alpha value is -4.71. The molecule has 0 spiro atoms. The van der Waals surface area contributed by atoms with Crippen LogP contribution in [0, 0.1) is 17.8 Å². The molecule has 1 aromatic heterocycles. The number of hydrogen-bond donors (Lipinski definition) is 3. The lowest BCUT2D eigenvalue weighted by molar-refractivity contribution is 0.427. The molecule has 3 atom stereocenters. The third-order valence-electron chi connectivity index (χ3n) is 12.5. The normalized spacial score (nSPS) is 12.7. The fourth-order valence-electron chi connectivity index (χ4n) is 8.00. The van der Waals surface area contributed by atoms with Crippen LogP contribution in [-0.2, 0) is 0 Å². The van der Waals surface area contributed by atoms with E-state index in [2.05, 4.69) is 150 Å². The molecule has 0 bridgehead atoms. The van der Waals surface area contributed by atoms with Gasteiger partial charge in [0, 0.05) is 17.1 Å². The topological polar surface area (TPSA) is 74.8 Å². The molecule has 0 aliphatic rings. The van der Waals surface area contributed by atoms with Gasteiger partial charge in [0.1, 0.15) is 0 Å². The third kappa shape index (κ3) is 16.4. The molecule has 0 aliphatic heterocycles. The third-order valence-corrected chi connectivity index (χ3v) is 12.5. The first kappa shape index (κ1) is 48.0. The van der Waals surface area contributed by atoms with Gasteiger partial charge >= 0.3 is 0 Å². The van der Waals surface area contributed by atoms with Crippen LogP contribution in [0.25, 0.3) is 16.7 Å². The second-order valence-corrected chi connectivity index (χ2v) is 17.1. The van der Waals surface area contributed by atoms with Crippen LogP contribution < -0.4 is 16.0 Å². The van der Waals surface area contributed by atoms with E-state index in [0.717, 1.165) is 54.1 Å². The molecule has 0 fully saturated rings. The molecule has 4 aromatic rings. The Bertz CT molecular complexity index is 1630. The highest BCUT2D eigenvalue weighted by atomic mass is 15.3. The Morgan fingerprint density at radius 3 is 0.867 bits per heavy atom. The van der Waals surface area contributed by atoms with Crippen LogP contribution in [0.2, 0.25) is 0 Å². The number of nitrogens with zero attached hydrogens (tertiary/aromatic N) is 3. The number of aromatic nitrogens is 3. The van der Waals surface area contributed by atoms with Crippen LogP contribution in [0.1, 0.15) is 174 Å². The number of nitrogens with one attached hydrogen (secondary N) is 3. The average molecular weight is 811 g/mol. The van der Waals surface area contributed by atoms with Crippen molar-refractivity contribution in [2.24, 2.45) is 17.8 Å². The molecule has 60 heavy (non-hydrogen) atoms. The fraction of sp³-hybridized carbons (Fsp3) is 0.500. The van der Waals surface area contributed by atoms with Gasteiger partial charge < -0.3 is 16.0 Å². The summed E-state index contributed by atoms with van der Waals surface area (Å²) in [5.74, 6) is 3.64. The van der Waals surface area contributed by atoms with Crippen molar-refractivity contribution in [2.75, 3.05) is 16.0 Å². The summed E-state index contributed by atoms with van der Waals surface area (Å²) in [6.45, 7) is 27.1. The molecule has 0 radical (unpaired) electrons. The lowest BCUT2D eigenvalue weighted by Gasteiger charge is -2.16. The van der Waals surface area contributed by atoms with E-state index >= 15 is 0 Å². The fourth-order valence-corrected chi connectivity index (χ4v) is 8.00. The van der Waals surface area contributed by atoms with E-state index in [4.69, 9.17) is 15.0 Å². The number of unbranched alkanes of at least 4 members (excludes halogenated alkanes) is 3. The molecule has 3 aromatic carbocycles. The number of benzene rings is 3. The van der Waals surface area contributed by atoms with Crippen molar-refractivity contribution in [1.29, 1.82) is 0 Å². The molecule has 0 saturated heterocycles. The summed E-state index contributed by atoms with van der Waals surface area (Å²) < 4.78 is 0. The molecule has 0 amide bonds. The number of allylic oxidation sites excluding steroid dienone is 3. The monoisotopic (exact) mass is 811 g/mol. The van der Waals surface area contributed by atoms with Crippen molar-refractivity contribution in [2.45, 2.75) is 157 Å². The van der Waals surface area contributed by atoms with E-state index in [1.807, 2.05) is 0 Å². The minimum absolute atomic E-state index is 0.445. The summed E-state index contributed by atoms with van der Waals surface area (Å²) in [5, 5.41) is 10.3. The van der Waals surface area contributed by atoms with Crippen molar-refractivity contribution >= 4 is 51.6 Å². The van der Waals surface area contributed by atoms with Crippen LogP contribution in [0.3, 0.4) is 0 Å². The molecule has 6 nitrogen and oxygen atoms in total. The van der Waals surface area contributed by atoms with E-state index in [9.17, 15) is 0 Å². The van der Waals surface area contributed by atoms with Crippen molar-refractivity contribution < 1.29 is 0 Å². The van der Waals surface area contributed by atoms with E-state index in [1.54, 1.807) is 0 Å². The van der Waals surface area contributed by atoms with Crippen LogP contribution in [0.15, 0.2) is 92.5 Å². The Morgan fingerprint density at radius 2 is 0.650 bits per heavy atom. The van der Waals surface area contributed by atoms with E-state index in [-0.39, 0.29) is 0 Å². The number of anilines is 6. The summed E-state index contributed by atoms with van der Waals surface area (Å²) in [7, 11) is 0. The molecule has 3 unspecified atom stereocenters. The maximum atomic E-state index is 4.81. The highest BCUT2D eigenvalue weighted by molar-refractivity contribution is 5.70. The van der Waals surface area contributed by atoms with Crippen molar-refractivity contribution in [3.8, 4) is 0 Å². The first-order chi connectivity index (χ1) is 29.2. The van der Waals surface area contributed by atoms with E-state index in [0.29, 0.717) is 17.8 Å². The molecule has 324 valence electrons. The molecule has 1 heterocycles. The van der Waals surface area contributed by atoms with Crippen LogP contribution in [0.4, 0.5) is 34.9 Å². The van der Waals surface area contributed by atoms with Crippen molar-refractivity contribution in [3.63, 3.8) is 0 Å². The van der Waals surface area contributed by atoms with E-state index in [1.165, 1.54) is 130 Å². The quantitative estimate of drug-likeness (QED) is 0.0487. The summed E-state index contributed by atoms with van der Waals surface area (Å²) in [5.41, 5.74) is 9.78. The smallest absolute Gasteiger partial charge is 0.233 e. The number of hydrogen-bond acceptors (Lipinski definition) is 6. The van der Waals surface area contributed by atoms with E-state index < -0.39 is 0 Å². The predicted octanol–water partition coefficient (Wildman–Crippen LogP) is 17.1. The van der Waals surface area contributed by atoms with Crippen molar-refractivity contribution in [3.05, 3.63) is 109 Å². The molecule has 0 aliphatic carbocycles. The summed E-state index contributed by atoms with van der Waals surface area (Å²) in [4.78, 5) is 14.4. The Kier molecular flexibility index (Phi) is 21.2. The largest absolute Gasteiger partial charge is 0.324 e. The second kappa shape index (κ2) is 26.5. The Morgan fingerprint density at radius 1 is 0.400 bits per heavy atom. The van der Waals surface area contributed by atoms with Crippen LogP contribution >= 0.6 is 0 Å².